The fourth-order valence-corrected chi connectivity index (χ4v) is 4.24. The van der Waals surface area contributed by atoms with Crippen LogP contribution >= 0.6 is 0 Å². The minimum absolute atomic E-state index is 0.0564. The van der Waals surface area contributed by atoms with Crippen LogP contribution in [0.25, 0.3) is 11.1 Å². The van der Waals surface area contributed by atoms with Gasteiger partial charge in [-0.05, 0) is 41.0 Å². The third-order valence-electron chi connectivity index (χ3n) is 6.03. The Kier molecular flexibility index (Phi) is 6.41. The molecule has 0 radical (unpaired) electrons. The standard InChI is InChI=1S/C24H26N2O6/c27-12-11-20(23(29)30)25-22(28)21(14-9-10-14)26-24(31)32-13-19-17-7-3-1-5-15(17)16-6-2-4-8-18(16)19/h1-8,14,19-21,27H,9-13H2,(H,25,28)(H,26,31)(H,29,30)/t20-,21?/m0/s1. The minimum Gasteiger partial charge on any atom is -0.480 e. The summed E-state index contributed by atoms with van der Waals surface area (Å²) in [4.78, 5) is 36.4. The van der Waals surface area contributed by atoms with Crippen LogP contribution < -0.4 is 10.6 Å². The largest absolute Gasteiger partial charge is 0.480 e. The molecule has 8 heteroatoms. The van der Waals surface area contributed by atoms with Crippen molar-refractivity contribution in [2.75, 3.05) is 13.2 Å². The number of aliphatic carboxylic acids is 1. The Hall–Kier alpha value is -3.39. The van der Waals surface area contributed by atoms with Crippen molar-refractivity contribution in [1.29, 1.82) is 0 Å². The average molecular weight is 438 g/mol. The predicted molar refractivity (Wildman–Crippen MR) is 116 cm³/mol. The molecule has 0 heterocycles. The molecule has 32 heavy (non-hydrogen) atoms. The topological polar surface area (TPSA) is 125 Å². The molecule has 0 aliphatic heterocycles. The van der Waals surface area contributed by atoms with Crippen LogP contribution in [0.5, 0.6) is 0 Å². The van der Waals surface area contributed by atoms with Gasteiger partial charge in [-0.25, -0.2) is 9.59 Å². The molecule has 8 nitrogen and oxygen atoms in total. The molecule has 0 spiro atoms. The number of amides is 2. The third kappa shape index (κ3) is 4.60. The van der Waals surface area contributed by atoms with Crippen LogP contribution in [-0.2, 0) is 14.3 Å². The van der Waals surface area contributed by atoms with Gasteiger partial charge >= 0.3 is 12.1 Å². The molecule has 1 unspecified atom stereocenters. The van der Waals surface area contributed by atoms with Gasteiger partial charge in [0.25, 0.3) is 0 Å². The number of hydrogen-bond donors (Lipinski definition) is 4. The summed E-state index contributed by atoms with van der Waals surface area (Å²) < 4.78 is 5.51. The monoisotopic (exact) mass is 438 g/mol. The zero-order valence-electron chi connectivity index (χ0n) is 17.5. The van der Waals surface area contributed by atoms with Gasteiger partial charge in [-0.2, -0.15) is 0 Å². The van der Waals surface area contributed by atoms with Crippen molar-refractivity contribution in [3.8, 4) is 11.1 Å². The first-order valence-electron chi connectivity index (χ1n) is 10.7. The average Bonchev–Trinajstić information content (AvgIpc) is 3.58. The molecular formula is C24H26N2O6. The van der Waals surface area contributed by atoms with Gasteiger partial charge in [-0.15, -0.1) is 0 Å². The maximum absolute atomic E-state index is 12.6. The Morgan fingerprint density at radius 2 is 1.56 bits per heavy atom. The van der Waals surface area contributed by atoms with Gasteiger partial charge < -0.3 is 25.6 Å². The van der Waals surface area contributed by atoms with Gasteiger partial charge in [0.05, 0.1) is 0 Å². The molecule has 0 saturated heterocycles. The van der Waals surface area contributed by atoms with E-state index in [9.17, 15) is 19.5 Å². The number of aliphatic hydroxyl groups is 1. The molecule has 2 aliphatic carbocycles. The van der Waals surface area contributed by atoms with E-state index < -0.39 is 30.1 Å². The number of fused-ring (bicyclic) bond motifs is 3. The molecule has 0 aromatic heterocycles. The summed E-state index contributed by atoms with van der Waals surface area (Å²) in [6.07, 6.45) is 0.704. The fraction of sp³-hybridized carbons (Fsp3) is 0.375. The number of carboxylic acids is 1. The summed E-state index contributed by atoms with van der Waals surface area (Å²) in [6.45, 7) is -0.244. The molecule has 0 bridgehead atoms. The molecular weight excluding hydrogens is 412 g/mol. The Morgan fingerprint density at radius 3 is 2.09 bits per heavy atom. The van der Waals surface area contributed by atoms with Crippen LogP contribution in [0.1, 0.15) is 36.3 Å². The molecule has 2 aliphatic rings. The van der Waals surface area contributed by atoms with Crippen molar-refractivity contribution in [3.63, 3.8) is 0 Å². The van der Waals surface area contributed by atoms with E-state index in [1.807, 2.05) is 48.5 Å². The molecule has 2 aromatic carbocycles. The lowest BCUT2D eigenvalue weighted by molar-refractivity contribution is -0.142. The Labute approximate surface area is 185 Å². The van der Waals surface area contributed by atoms with Crippen molar-refractivity contribution < 1.29 is 29.3 Å². The van der Waals surface area contributed by atoms with Crippen LogP contribution in [0.4, 0.5) is 4.79 Å². The number of nitrogens with one attached hydrogen (secondary N) is 2. The molecule has 1 saturated carbocycles. The van der Waals surface area contributed by atoms with Crippen LogP contribution in [0.2, 0.25) is 0 Å². The fourth-order valence-electron chi connectivity index (χ4n) is 4.24. The molecule has 2 aromatic rings. The zero-order chi connectivity index (χ0) is 22.7. The summed E-state index contributed by atoms with van der Waals surface area (Å²) >= 11 is 0. The molecule has 2 atom stereocenters. The third-order valence-corrected chi connectivity index (χ3v) is 6.03. The quantitative estimate of drug-likeness (QED) is 0.476. The smallest absolute Gasteiger partial charge is 0.407 e. The van der Waals surface area contributed by atoms with E-state index in [1.54, 1.807) is 0 Å². The lowest BCUT2D eigenvalue weighted by Gasteiger charge is -2.21. The highest BCUT2D eigenvalue weighted by atomic mass is 16.5. The number of carbonyl (C=O) groups excluding carboxylic acids is 2. The lowest BCUT2D eigenvalue weighted by Crippen LogP contribution is -2.53. The van der Waals surface area contributed by atoms with Crippen LogP contribution in [0.3, 0.4) is 0 Å². The first-order valence-corrected chi connectivity index (χ1v) is 10.7. The number of rotatable bonds is 9. The number of alkyl carbamates (subject to hydrolysis) is 1. The van der Waals surface area contributed by atoms with E-state index >= 15 is 0 Å². The van der Waals surface area contributed by atoms with E-state index in [1.165, 1.54) is 0 Å². The highest BCUT2D eigenvalue weighted by Gasteiger charge is 2.39. The Morgan fingerprint density at radius 1 is 0.969 bits per heavy atom. The first kappa shape index (κ1) is 21.8. The second-order valence-corrected chi connectivity index (χ2v) is 8.20. The molecule has 4 N–H and O–H groups in total. The van der Waals surface area contributed by atoms with Crippen molar-refractivity contribution in [2.24, 2.45) is 5.92 Å². The number of aliphatic hydroxyl groups excluding tert-OH is 1. The summed E-state index contributed by atoms with van der Waals surface area (Å²) in [5.74, 6) is -1.97. The highest BCUT2D eigenvalue weighted by Crippen LogP contribution is 2.44. The summed E-state index contributed by atoms with van der Waals surface area (Å²) in [6, 6.07) is 13.9. The normalized spacial score (nSPS) is 16.4. The molecule has 1 fully saturated rings. The maximum atomic E-state index is 12.6. The number of carboxylic acid groups (broad SMARTS) is 1. The maximum Gasteiger partial charge on any atom is 0.407 e. The van der Waals surface area contributed by atoms with E-state index in [-0.39, 0.29) is 31.5 Å². The second-order valence-electron chi connectivity index (χ2n) is 8.20. The summed E-state index contributed by atoms with van der Waals surface area (Å²) in [5.41, 5.74) is 4.42. The SMILES string of the molecule is O=C(NC(C(=O)N[C@@H](CCO)C(=O)O)C1CC1)OCC1c2ccccc2-c2ccccc21. The van der Waals surface area contributed by atoms with E-state index in [0.717, 1.165) is 35.1 Å². The second kappa shape index (κ2) is 9.40. The molecule has 2 amide bonds. The van der Waals surface area contributed by atoms with Gasteiger partial charge in [0.15, 0.2) is 0 Å². The predicted octanol–water partition coefficient (Wildman–Crippen LogP) is 2.26. The van der Waals surface area contributed by atoms with Crippen LogP contribution in [0, 0.1) is 5.92 Å². The summed E-state index contributed by atoms with van der Waals surface area (Å²) in [5, 5.41) is 23.2. The van der Waals surface area contributed by atoms with E-state index in [4.69, 9.17) is 9.84 Å². The highest BCUT2D eigenvalue weighted by molar-refractivity contribution is 5.89. The van der Waals surface area contributed by atoms with E-state index in [2.05, 4.69) is 10.6 Å². The van der Waals surface area contributed by atoms with Gasteiger partial charge in [-0.3, -0.25) is 4.79 Å². The Bertz CT molecular complexity index is 974. The van der Waals surface area contributed by atoms with Gasteiger partial charge in [0.1, 0.15) is 18.7 Å². The van der Waals surface area contributed by atoms with Crippen molar-refractivity contribution in [3.05, 3.63) is 59.7 Å². The van der Waals surface area contributed by atoms with Crippen molar-refractivity contribution >= 4 is 18.0 Å². The first-order chi connectivity index (χ1) is 15.5. The van der Waals surface area contributed by atoms with Gasteiger partial charge in [0.2, 0.25) is 5.91 Å². The minimum atomic E-state index is -1.23. The summed E-state index contributed by atoms with van der Waals surface area (Å²) in [7, 11) is 0. The molecule has 4 rings (SSSR count). The zero-order valence-corrected chi connectivity index (χ0v) is 17.5. The number of ether oxygens (including phenoxy) is 1. The van der Waals surface area contributed by atoms with E-state index in [0.29, 0.717) is 0 Å². The van der Waals surface area contributed by atoms with Gasteiger partial charge in [0, 0.05) is 18.9 Å². The number of hydrogen-bond acceptors (Lipinski definition) is 5. The molecule has 168 valence electrons. The lowest BCUT2D eigenvalue weighted by atomic mass is 9.98. The van der Waals surface area contributed by atoms with Crippen molar-refractivity contribution in [2.45, 2.75) is 37.3 Å². The van der Waals surface area contributed by atoms with Gasteiger partial charge in [-0.1, -0.05) is 48.5 Å². The van der Waals surface area contributed by atoms with Crippen LogP contribution in [-0.4, -0.2) is 53.5 Å². The number of carbonyl (C=O) groups is 3. The van der Waals surface area contributed by atoms with Crippen LogP contribution in [0.15, 0.2) is 48.5 Å². The Balaban J connectivity index is 1.40. The van der Waals surface area contributed by atoms with Crippen molar-refractivity contribution in [1.82, 2.24) is 10.6 Å². The number of benzene rings is 2.